The average Bonchev–Trinajstić information content (AvgIpc) is 3.30. The maximum Gasteiger partial charge on any atom is 0.0390 e. The third-order valence-electron chi connectivity index (χ3n) is 11.0. The van der Waals surface area contributed by atoms with E-state index in [1.807, 2.05) is 0 Å². The van der Waals surface area contributed by atoms with E-state index < -0.39 is 0 Å². The third kappa shape index (κ3) is 3.48. The lowest BCUT2D eigenvalue weighted by Gasteiger charge is -2.61. The van der Waals surface area contributed by atoms with Crippen molar-refractivity contribution in [3.05, 3.63) is 132 Å². The zero-order valence-electron chi connectivity index (χ0n) is 23.4. The second-order valence-electron chi connectivity index (χ2n) is 13.1. The first-order valence-electron chi connectivity index (χ1n) is 15.5. The predicted molar refractivity (Wildman–Crippen MR) is 170 cm³/mol. The van der Waals surface area contributed by atoms with Crippen molar-refractivity contribution in [2.45, 2.75) is 37.5 Å². The van der Waals surface area contributed by atoms with Crippen molar-refractivity contribution in [3.63, 3.8) is 0 Å². The second kappa shape index (κ2) is 8.95. The Morgan fingerprint density at radius 1 is 0.439 bits per heavy atom. The Balaban J connectivity index is 1.11. The van der Waals surface area contributed by atoms with Gasteiger partial charge in [-0.3, -0.25) is 0 Å². The fourth-order valence-electron chi connectivity index (χ4n) is 9.77. The predicted octanol–water partition coefficient (Wildman–Crippen LogP) is 10.5. The van der Waals surface area contributed by atoms with Crippen LogP contribution in [0.5, 0.6) is 0 Å². The number of hydrogen-bond acceptors (Lipinski definition) is 1. The van der Waals surface area contributed by atoms with Crippen LogP contribution in [0.4, 0.5) is 11.4 Å². The van der Waals surface area contributed by atoms with Crippen molar-refractivity contribution in [1.29, 1.82) is 0 Å². The first-order valence-corrected chi connectivity index (χ1v) is 15.5. The Morgan fingerprint density at radius 2 is 1.02 bits per heavy atom. The molecule has 41 heavy (non-hydrogen) atoms. The van der Waals surface area contributed by atoms with Crippen LogP contribution in [0.3, 0.4) is 0 Å². The van der Waals surface area contributed by atoms with Gasteiger partial charge in [0.15, 0.2) is 0 Å². The Morgan fingerprint density at radius 3 is 1.78 bits per heavy atom. The molecule has 5 aromatic rings. The highest BCUT2D eigenvalue weighted by Gasteiger charge is 2.61. The summed E-state index contributed by atoms with van der Waals surface area (Å²) in [4.78, 5) is 0. The summed E-state index contributed by atoms with van der Waals surface area (Å²) in [6.45, 7) is 0. The summed E-state index contributed by atoms with van der Waals surface area (Å²) in [5.41, 5.74) is 13.8. The van der Waals surface area contributed by atoms with E-state index in [0.717, 1.165) is 29.4 Å². The molecule has 0 radical (unpaired) electrons. The number of benzene rings is 5. The van der Waals surface area contributed by atoms with Gasteiger partial charge in [-0.05, 0) is 125 Å². The van der Waals surface area contributed by atoms with E-state index in [-0.39, 0.29) is 5.41 Å². The van der Waals surface area contributed by atoms with Crippen molar-refractivity contribution in [2.24, 2.45) is 23.7 Å². The van der Waals surface area contributed by atoms with Crippen LogP contribution < -0.4 is 5.32 Å². The van der Waals surface area contributed by atoms with Crippen molar-refractivity contribution in [1.82, 2.24) is 0 Å². The quantitative estimate of drug-likeness (QED) is 0.244. The van der Waals surface area contributed by atoms with Crippen LogP contribution in [-0.4, -0.2) is 0 Å². The third-order valence-corrected chi connectivity index (χ3v) is 11.0. The molecule has 10 rings (SSSR count). The monoisotopic (exact) mass is 529 g/mol. The minimum absolute atomic E-state index is 0.202. The molecule has 5 aliphatic rings. The highest BCUT2D eigenvalue weighted by Crippen LogP contribution is 2.69. The Kier molecular flexibility index (Phi) is 5.15. The minimum Gasteiger partial charge on any atom is -0.356 e. The summed E-state index contributed by atoms with van der Waals surface area (Å²) in [6.07, 6.45) is 7.16. The van der Waals surface area contributed by atoms with Gasteiger partial charge in [0.25, 0.3) is 0 Å². The lowest BCUT2D eigenvalue weighted by Crippen LogP contribution is -2.55. The molecular formula is C40H35N. The van der Waals surface area contributed by atoms with Gasteiger partial charge in [-0.25, -0.2) is 0 Å². The van der Waals surface area contributed by atoms with E-state index in [2.05, 4.69) is 127 Å². The highest BCUT2D eigenvalue weighted by atomic mass is 14.9. The van der Waals surface area contributed by atoms with Crippen LogP contribution in [0.25, 0.3) is 33.4 Å². The molecule has 5 aromatic carbocycles. The summed E-state index contributed by atoms with van der Waals surface area (Å²) in [7, 11) is 0. The zero-order chi connectivity index (χ0) is 27.0. The molecule has 0 aliphatic heterocycles. The van der Waals surface area contributed by atoms with Gasteiger partial charge in [-0.15, -0.1) is 0 Å². The molecule has 0 heterocycles. The Labute approximate surface area is 243 Å². The fraction of sp³-hybridized carbons (Fsp3) is 0.250. The van der Waals surface area contributed by atoms with E-state index in [1.165, 1.54) is 71.2 Å². The summed E-state index contributed by atoms with van der Waals surface area (Å²) < 4.78 is 0. The van der Waals surface area contributed by atoms with Crippen molar-refractivity contribution in [3.8, 4) is 33.4 Å². The summed E-state index contributed by atoms with van der Waals surface area (Å²) in [6, 6.07) is 45.0. The maximum atomic E-state index is 3.84. The van der Waals surface area contributed by atoms with Gasteiger partial charge in [0.05, 0.1) is 0 Å². The number of nitrogens with one attached hydrogen (secondary N) is 1. The van der Waals surface area contributed by atoms with Gasteiger partial charge in [-0.1, -0.05) is 97.1 Å². The molecule has 4 saturated carbocycles. The lowest BCUT2D eigenvalue weighted by molar-refractivity contribution is -0.0399. The van der Waals surface area contributed by atoms with Crippen LogP contribution in [0.1, 0.15) is 43.2 Å². The van der Waals surface area contributed by atoms with E-state index in [1.54, 1.807) is 11.1 Å². The van der Waals surface area contributed by atoms with Crippen molar-refractivity contribution >= 4 is 11.4 Å². The standard InChI is InChI=1S/C40H35N/c1-2-9-28(10-3-1)34-13-4-5-14-35(34)29-11-8-12-32(24-29)41-33-17-18-37-36-15-6-7-16-38(36)40(39(37)25-33)30-20-26-19-27(22-30)23-31(40)21-26/h1-18,24-27,30-31,41H,19-23H2. The largest absolute Gasteiger partial charge is 0.356 e. The van der Waals surface area contributed by atoms with Crippen LogP contribution in [-0.2, 0) is 5.41 Å². The van der Waals surface area contributed by atoms with E-state index in [9.17, 15) is 0 Å². The molecule has 0 saturated heterocycles. The van der Waals surface area contributed by atoms with Gasteiger partial charge in [0.2, 0.25) is 0 Å². The molecular weight excluding hydrogens is 494 g/mol. The second-order valence-corrected chi connectivity index (χ2v) is 13.1. The van der Waals surface area contributed by atoms with Crippen molar-refractivity contribution < 1.29 is 0 Å². The first kappa shape index (κ1) is 23.6. The zero-order valence-corrected chi connectivity index (χ0v) is 23.4. The van der Waals surface area contributed by atoms with E-state index >= 15 is 0 Å². The van der Waals surface area contributed by atoms with E-state index in [0.29, 0.717) is 0 Å². The Hall–Kier alpha value is -4.10. The van der Waals surface area contributed by atoms with Gasteiger partial charge in [-0.2, -0.15) is 0 Å². The van der Waals surface area contributed by atoms with Crippen molar-refractivity contribution in [2.75, 3.05) is 5.32 Å². The average molecular weight is 530 g/mol. The smallest absolute Gasteiger partial charge is 0.0390 e. The number of hydrogen-bond donors (Lipinski definition) is 1. The molecule has 1 nitrogen and oxygen atoms in total. The first-order chi connectivity index (χ1) is 20.3. The molecule has 1 heteroatoms. The molecule has 0 amide bonds. The minimum atomic E-state index is 0.202. The van der Waals surface area contributed by atoms with Gasteiger partial charge in [0, 0.05) is 16.8 Å². The molecule has 200 valence electrons. The van der Waals surface area contributed by atoms with Crippen LogP contribution in [0.2, 0.25) is 0 Å². The SMILES string of the molecule is c1ccc(-c2ccccc2-c2cccc(Nc3ccc4c(c3)C3(c5ccccc5-4)C4CC5CC(C4)CC3C5)c2)cc1. The molecule has 1 N–H and O–H groups in total. The molecule has 4 bridgehead atoms. The molecule has 0 atom stereocenters. The number of rotatable bonds is 4. The highest BCUT2D eigenvalue weighted by molar-refractivity contribution is 5.86. The summed E-state index contributed by atoms with van der Waals surface area (Å²) in [5.74, 6) is 3.49. The molecule has 5 aliphatic carbocycles. The molecule has 1 spiro atoms. The summed E-state index contributed by atoms with van der Waals surface area (Å²) in [5, 5.41) is 3.84. The van der Waals surface area contributed by atoms with Gasteiger partial charge in [0.1, 0.15) is 0 Å². The van der Waals surface area contributed by atoms with Gasteiger partial charge >= 0.3 is 0 Å². The van der Waals surface area contributed by atoms with E-state index in [4.69, 9.17) is 0 Å². The fourth-order valence-corrected chi connectivity index (χ4v) is 9.77. The van der Waals surface area contributed by atoms with Crippen LogP contribution in [0.15, 0.2) is 121 Å². The maximum absolute atomic E-state index is 3.84. The Bertz CT molecular complexity index is 1750. The number of anilines is 2. The lowest BCUT2D eigenvalue weighted by atomic mass is 9.43. The molecule has 0 aromatic heterocycles. The summed E-state index contributed by atoms with van der Waals surface area (Å²) >= 11 is 0. The van der Waals surface area contributed by atoms with Crippen LogP contribution in [0, 0.1) is 23.7 Å². The molecule has 0 unspecified atom stereocenters. The number of fused-ring (bicyclic) bond motifs is 3. The topological polar surface area (TPSA) is 12.0 Å². The normalized spacial score (nSPS) is 26.6. The van der Waals surface area contributed by atoms with Crippen LogP contribution >= 0.6 is 0 Å². The molecule has 4 fully saturated rings. The van der Waals surface area contributed by atoms with Gasteiger partial charge < -0.3 is 5.32 Å².